The van der Waals surface area contributed by atoms with Gasteiger partial charge in [0, 0.05) is 5.56 Å². The highest BCUT2D eigenvalue weighted by Crippen LogP contribution is 2.28. The van der Waals surface area contributed by atoms with Crippen molar-refractivity contribution in [3.63, 3.8) is 0 Å². The number of hydrogen-bond acceptors (Lipinski definition) is 4. The normalized spacial score (nSPS) is 12.6. The lowest BCUT2D eigenvalue weighted by atomic mass is 9.94. The van der Waals surface area contributed by atoms with Crippen molar-refractivity contribution in [2.75, 3.05) is 13.7 Å². The third kappa shape index (κ3) is 5.09. The van der Waals surface area contributed by atoms with Gasteiger partial charge in [0.25, 0.3) is 0 Å². The van der Waals surface area contributed by atoms with Crippen LogP contribution in [-0.2, 0) is 9.53 Å². The Labute approximate surface area is 119 Å². The standard InChI is InChI=1S/C14H15F3O4/c1-3-21-13(19)11(8-14(15,16)17)12(18)9-4-6-10(20-2)7-5-9/h4-7,11H,3,8H2,1-2H3. The Kier molecular flexibility index (Phi) is 5.75. The highest BCUT2D eigenvalue weighted by atomic mass is 19.4. The van der Waals surface area contributed by atoms with Gasteiger partial charge >= 0.3 is 12.1 Å². The van der Waals surface area contributed by atoms with E-state index >= 15 is 0 Å². The summed E-state index contributed by atoms with van der Waals surface area (Å²) in [6, 6.07) is 5.49. The first kappa shape index (κ1) is 17.0. The highest BCUT2D eigenvalue weighted by Gasteiger charge is 2.40. The molecule has 0 saturated carbocycles. The van der Waals surface area contributed by atoms with Gasteiger partial charge in [-0.25, -0.2) is 0 Å². The molecule has 7 heteroatoms. The second-order valence-electron chi connectivity index (χ2n) is 4.22. The summed E-state index contributed by atoms with van der Waals surface area (Å²) in [7, 11) is 1.42. The number of rotatable bonds is 6. The second-order valence-corrected chi connectivity index (χ2v) is 4.22. The molecule has 1 atom stereocenters. The molecule has 4 nitrogen and oxygen atoms in total. The van der Waals surface area contributed by atoms with Crippen LogP contribution < -0.4 is 4.74 Å². The number of Topliss-reactive ketones (excluding diaryl/α,β-unsaturated/α-hetero) is 1. The van der Waals surface area contributed by atoms with Gasteiger partial charge in [0.05, 0.1) is 20.1 Å². The summed E-state index contributed by atoms with van der Waals surface area (Å²) in [5.41, 5.74) is -0.00176. The Morgan fingerprint density at radius 3 is 2.19 bits per heavy atom. The molecule has 0 aliphatic carbocycles. The minimum atomic E-state index is -4.64. The van der Waals surface area contributed by atoms with E-state index in [9.17, 15) is 22.8 Å². The molecule has 0 aliphatic rings. The van der Waals surface area contributed by atoms with Gasteiger partial charge in [-0.2, -0.15) is 13.2 Å². The van der Waals surface area contributed by atoms with Crippen LogP contribution in [0.4, 0.5) is 13.2 Å². The van der Waals surface area contributed by atoms with E-state index in [0.717, 1.165) is 0 Å². The molecule has 1 unspecified atom stereocenters. The van der Waals surface area contributed by atoms with Gasteiger partial charge in [-0.1, -0.05) is 0 Å². The number of hydrogen-bond donors (Lipinski definition) is 0. The van der Waals surface area contributed by atoms with E-state index in [4.69, 9.17) is 4.74 Å². The van der Waals surface area contributed by atoms with Crippen LogP contribution in [0.1, 0.15) is 23.7 Å². The van der Waals surface area contributed by atoms with Crippen molar-refractivity contribution in [2.45, 2.75) is 19.5 Å². The molecule has 0 aromatic heterocycles. The van der Waals surface area contributed by atoms with E-state index in [1.54, 1.807) is 0 Å². The molecule has 1 rings (SSSR count). The number of alkyl halides is 3. The van der Waals surface area contributed by atoms with Crippen LogP contribution in [0, 0.1) is 5.92 Å². The number of ether oxygens (including phenoxy) is 2. The number of ketones is 1. The summed E-state index contributed by atoms with van der Waals surface area (Å²) in [5.74, 6) is -3.53. The van der Waals surface area contributed by atoms with E-state index in [1.165, 1.54) is 38.3 Å². The number of carbonyl (C=O) groups is 2. The van der Waals surface area contributed by atoms with Crippen molar-refractivity contribution in [2.24, 2.45) is 5.92 Å². The SMILES string of the molecule is CCOC(=O)C(CC(F)(F)F)C(=O)c1ccc(OC)cc1. The zero-order valence-corrected chi connectivity index (χ0v) is 11.6. The summed E-state index contributed by atoms with van der Waals surface area (Å²) in [5, 5.41) is 0. The van der Waals surface area contributed by atoms with Gasteiger partial charge in [-0.3, -0.25) is 9.59 Å². The molecule has 1 aromatic rings. The molecule has 0 N–H and O–H groups in total. The second kappa shape index (κ2) is 7.10. The monoisotopic (exact) mass is 304 g/mol. The lowest BCUT2D eigenvalue weighted by Crippen LogP contribution is -2.31. The average molecular weight is 304 g/mol. The number of halogens is 3. The summed E-state index contributed by atoms with van der Waals surface area (Å²) in [6.45, 7) is 1.36. The minimum absolute atomic E-state index is 0.00176. The Balaban J connectivity index is 3.00. The summed E-state index contributed by atoms with van der Waals surface area (Å²) < 4.78 is 47.0. The average Bonchev–Trinajstić information content (AvgIpc) is 2.43. The lowest BCUT2D eigenvalue weighted by molar-refractivity contribution is -0.163. The molecule has 1 aromatic carbocycles. The Hall–Kier alpha value is -2.05. The smallest absolute Gasteiger partial charge is 0.390 e. The van der Waals surface area contributed by atoms with Crippen LogP contribution in [0.5, 0.6) is 5.75 Å². The third-order valence-corrected chi connectivity index (χ3v) is 2.70. The molecule has 0 fully saturated rings. The predicted molar refractivity (Wildman–Crippen MR) is 68.1 cm³/mol. The fraction of sp³-hybridized carbons (Fsp3) is 0.429. The van der Waals surface area contributed by atoms with Crippen LogP contribution in [0.3, 0.4) is 0 Å². The molecule has 0 saturated heterocycles. The van der Waals surface area contributed by atoms with E-state index in [1.807, 2.05) is 0 Å². The van der Waals surface area contributed by atoms with Crippen molar-refractivity contribution < 1.29 is 32.2 Å². The Morgan fingerprint density at radius 2 is 1.76 bits per heavy atom. The largest absolute Gasteiger partial charge is 0.497 e. The molecule has 0 aliphatic heterocycles. The number of carbonyl (C=O) groups excluding carboxylic acids is 2. The van der Waals surface area contributed by atoms with Crippen molar-refractivity contribution in [1.82, 2.24) is 0 Å². The van der Waals surface area contributed by atoms with Crippen molar-refractivity contribution in [3.8, 4) is 5.75 Å². The van der Waals surface area contributed by atoms with Crippen molar-refractivity contribution in [1.29, 1.82) is 0 Å². The molecular formula is C14H15F3O4. The maximum Gasteiger partial charge on any atom is 0.390 e. The zero-order valence-electron chi connectivity index (χ0n) is 11.6. The quantitative estimate of drug-likeness (QED) is 0.460. The van der Waals surface area contributed by atoms with Crippen LogP contribution in [0.25, 0.3) is 0 Å². The minimum Gasteiger partial charge on any atom is -0.497 e. The fourth-order valence-corrected chi connectivity index (χ4v) is 1.71. The molecule has 0 amide bonds. The van der Waals surface area contributed by atoms with Crippen LogP contribution in [0.15, 0.2) is 24.3 Å². The molecule has 0 heterocycles. The van der Waals surface area contributed by atoms with Gasteiger partial charge in [-0.15, -0.1) is 0 Å². The fourth-order valence-electron chi connectivity index (χ4n) is 1.71. The topological polar surface area (TPSA) is 52.6 Å². The van der Waals surface area contributed by atoms with Gasteiger partial charge < -0.3 is 9.47 Å². The van der Waals surface area contributed by atoms with Gasteiger partial charge in [0.15, 0.2) is 5.78 Å². The Bertz CT molecular complexity index is 494. The highest BCUT2D eigenvalue weighted by molar-refractivity contribution is 6.08. The van der Waals surface area contributed by atoms with Gasteiger partial charge in [0.2, 0.25) is 0 Å². The van der Waals surface area contributed by atoms with E-state index in [-0.39, 0.29) is 12.2 Å². The molecule has 0 spiro atoms. The van der Waals surface area contributed by atoms with Gasteiger partial charge in [0.1, 0.15) is 11.7 Å². The summed E-state index contributed by atoms with van der Waals surface area (Å²) in [6.07, 6.45) is -6.18. The number of esters is 1. The molecule has 0 radical (unpaired) electrons. The van der Waals surface area contributed by atoms with Crippen molar-refractivity contribution in [3.05, 3.63) is 29.8 Å². The van der Waals surface area contributed by atoms with Crippen LogP contribution in [0.2, 0.25) is 0 Å². The van der Waals surface area contributed by atoms with E-state index in [0.29, 0.717) is 5.75 Å². The summed E-state index contributed by atoms with van der Waals surface area (Å²) in [4.78, 5) is 23.7. The van der Waals surface area contributed by atoms with Crippen molar-refractivity contribution >= 4 is 11.8 Å². The Morgan fingerprint density at radius 1 is 1.19 bits per heavy atom. The van der Waals surface area contributed by atoms with Crippen LogP contribution >= 0.6 is 0 Å². The molecule has 21 heavy (non-hydrogen) atoms. The van der Waals surface area contributed by atoms with E-state index < -0.39 is 30.3 Å². The van der Waals surface area contributed by atoms with Gasteiger partial charge in [-0.05, 0) is 31.2 Å². The first-order valence-corrected chi connectivity index (χ1v) is 6.20. The lowest BCUT2D eigenvalue weighted by Gasteiger charge is -2.16. The maximum atomic E-state index is 12.5. The first-order valence-electron chi connectivity index (χ1n) is 6.20. The molecule has 0 bridgehead atoms. The van der Waals surface area contributed by atoms with Crippen LogP contribution in [-0.4, -0.2) is 31.6 Å². The number of benzene rings is 1. The third-order valence-electron chi connectivity index (χ3n) is 2.70. The zero-order chi connectivity index (χ0) is 16.0. The molecule has 116 valence electrons. The predicted octanol–water partition coefficient (Wildman–Crippen LogP) is 3.01. The first-order chi connectivity index (χ1) is 9.78. The summed E-state index contributed by atoms with van der Waals surface area (Å²) >= 11 is 0. The number of methoxy groups -OCH3 is 1. The molecular weight excluding hydrogens is 289 g/mol. The van der Waals surface area contributed by atoms with E-state index in [2.05, 4.69) is 4.74 Å². The maximum absolute atomic E-state index is 12.5.